The lowest BCUT2D eigenvalue weighted by Crippen LogP contribution is -2.30. The van der Waals surface area contributed by atoms with Gasteiger partial charge in [-0.05, 0) is 48.7 Å². The molecule has 3 aromatic carbocycles. The van der Waals surface area contributed by atoms with Crippen molar-refractivity contribution in [1.82, 2.24) is 9.29 Å². The van der Waals surface area contributed by atoms with Crippen molar-refractivity contribution in [3.8, 4) is 11.1 Å². The summed E-state index contributed by atoms with van der Waals surface area (Å²) in [7, 11) is -3.65. The van der Waals surface area contributed by atoms with Crippen molar-refractivity contribution in [2.75, 3.05) is 6.54 Å². The molecular weight excluding hydrogens is 403 g/mol. The monoisotopic (exact) mass is 422 g/mol. The summed E-state index contributed by atoms with van der Waals surface area (Å²) in [6.45, 7) is 0.418. The number of fused-ring (bicyclic) bond motifs is 1. The van der Waals surface area contributed by atoms with Gasteiger partial charge in [-0.25, -0.2) is 17.8 Å². The SMILES string of the molecule is O=S(=O)(c1ccccc1)N1CCCC1c1nc2cc(-c3ccccc3F)ccc2o1. The molecule has 4 aromatic rings. The van der Waals surface area contributed by atoms with Gasteiger partial charge in [0, 0.05) is 12.1 Å². The van der Waals surface area contributed by atoms with E-state index in [1.807, 2.05) is 0 Å². The molecule has 1 fully saturated rings. The van der Waals surface area contributed by atoms with Crippen LogP contribution < -0.4 is 0 Å². The summed E-state index contributed by atoms with van der Waals surface area (Å²) in [6, 6.07) is 19.8. The summed E-state index contributed by atoms with van der Waals surface area (Å²) >= 11 is 0. The third-order valence-corrected chi connectivity index (χ3v) is 7.35. The molecule has 1 aromatic heterocycles. The van der Waals surface area contributed by atoms with Gasteiger partial charge in [0.15, 0.2) is 5.58 Å². The van der Waals surface area contributed by atoms with Crippen LogP contribution in [0, 0.1) is 5.82 Å². The summed E-state index contributed by atoms with van der Waals surface area (Å²) in [5, 5.41) is 0. The molecule has 1 aliphatic rings. The van der Waals surface area contributed by atoms with Crippen LogP contribution in [0.5, 0.6) is 0 Å². The number of nitrogens with zero attached hydrogens (tertiary/aromatic N) is 2. The minimum Gasteiger partial charge on any atom is -0.439 e. The largest absolute Gasteiger partial charge is 0.439 e. The van der Waals surface area contributed by atoms with E-state index < -0.39 is 16.1 Å². The maximum atomic E-state index is 14.2. The average molecular weight is 422 g/mol. The number of aromatic nitrogens is 1. The second kappa shape index (κ2) is 7.34. The Bertz CT molecular complexity index is 1320. The Labute approximate surface area is 173 Å². The van der Waals surface area contributed by atoms with E-state index >= 15 is 0 Å². The fourth-order valence-corrected chi connectivity index (χ4v) is 5.63. The highest BCUT2D eigenvalue weighted by Gasteiger charge is 2.38. The van der Waals surface area contributed by atoms with Crippen LogP contribution in [-0.4, -0.2) is 24.3 Å². The van der Waals surface area contributed by atoms with E-state index in [0.29, 0.717) is 41.1 Å². The van der Waals surface area contributed by atoms with Gasteiger partial charge in [-0.3, -0.25) is 0 Å². The maximum absolute atomic E-state index is 14.2. The number of sulfonamides is 1. The fraction of sp³-hybridized carbons (Fsp3) is 0.174. The number of hydrogen-bond donors (Lipinski definition) is 0. The van der Waals surface area contributed by atoms with Gasteiger partial charge in [0.05, 0.1) is 4.90 Å². The Hall–Kier alpha value is -3.03. The van der Waals surface area contributed by atoms with Crippen LogP contribution in [0.2, 0.25) is 0 Å². The molecular formula is C23H19FN2O3S. The number of halogens is 1. The third-order valence-electron chi connectivity index (χ3n) is 5.43. The Morgan fingerprint density at radius 2 is 1.77 bits per heavy atom. The number of oxazole rings is 1. The zero-order valence-corrected chi connectivity index (χ0v) is 16.8. The second-order valence-electron chi connectivity index (χ2n) is 7.30. The van der Waals surface area contributed by atoms with Crippen LogP contribution >= 0.6 is 0 Å². The standard InChI is InChI=1S/C23H19FN2O3S/c24-19-10-5-4-9-18(19)16-12-13-22-20(15-16)25-23(29-22)21-11-6-14-26(21)30(27,28)17-7-2-1-3-8-17/h1-5,7-10,12-13,15,21H,6,11,14H2. The Morgan fingerprint density at radius 1 is 1.00 bits per heavy atom. The first-order valence-electron chi connectivity index (χ1n) is 9.76. The summed E-state index contributed by atoms with van der Waals surface area (Å²) in [4.78, 5) is 4.83. The molecule has 0 saturated carbocycles. The maximum Gasteiger partial charge on any atom is 0.243 e. The van der Waals surface area contributed by atoms with Gasteiger partial charge in [-0.15, -0.1) is 0 Å². The van der Waals surface area contributed by atoms with E-state index in [-0.39, 0.29) is 10.7 Å². The first-order chi connectivity index (χ1) is 14.5. The summed E-state index contributed by atoms with van der Waals surface area (Å²) in [5.41, 5.74) is 2.31. The van der Waals surface area contributed by atoms with Crippen molar-refractivity contribution in [3.05, 3.63) is 84.5 Å². The highest BCUT2D eigenvalue weighted by molar-refractivity contribution is 7.89. The van der Waals surface area contributed by atoms with Crippen LogP contribution in [0.3, 0.4) is 0 Å². The van der Waals surface area contributed by atoms with Gasteiger partial charge >= 0.3 is 0 Å². The van der Waals surface area contributed by atoms with E-state index in [0.717, 1.165) is 6.42 Å². The van der Waals surface area contributed by atoms with Gasteiger partial charge < -0.3 is 4.42 Å². The summed E-state index contributed by atoms with van der Waals surface area (Å²) in [6.07, 6.45) is 1.37. The van der Waals surface area contributed by atoms with Crippen molar-refractivity contribution in [2.24, 2.45) is 0 Å². The summed E-state index contributed by atoms with van der Waals surface area (Å²) in [5.74, 6) is 0.0594. The number of rotatable bonds is 4. The van der Waals surface area contributed by atoms with Gasteiger partial charge in [-0.2, -0.15) is 4.31 Å². The van der Waals surface area contributed by atoms with Crippen LogP contribution in [0.15, 0.2) is 82.1 Å². The van der Waals surface area contributed by atoms with Crippen molar-refractivity contribution < 1.29 is 17.2 Å². The first kappa shape index (κ1) is 19.0. The van der Waals surface area contributed by atoms with Gasteiger partial charge in [0.2, 0.25) is 15.9 Å². The molecule has 0 radical (unpaired) electrons. The lowest BCUT2D eigenvalue weighted by molar-refractivity contribution is 0.337. The predicted octanol–water partition coefficient (Wildman–Crippen LogP) is 5.16. The molecule has 2 heterocycles. The highest BCUT2D eigenvalue weighted by atomic mass is 32.2. The molecule has 1 atom stereocenters. The minimum absolute atomic E-state index is 0.259. The van der Waals surface area contributed by atoms with Gasteiger partial charge in [0.1, 0.15) is 17.4 Å². The molecule has 30 heavy (non-hydrogen) atoms. The van der Waals surface area contributed by atoms with Crippen LogP contribution in [0.25, 0.3) is 22.2 Å². The zero-order valence-electron chi connectivity index (χ0n) is 16.0. The van der Waals surface area contributed by atoms with Crippen molar-refractivity contribution in [2.45, 2.75) is 23.8 Å². The summed E-state index contributed by atoms with van der Waals surface area (Å²) < 4.78 is 47.8. The molecule has 1 unspecified atom stereocenters. The zero-order chi connectivity index (χ0) is 20.7. The normalized spacial score (nSPS) is 17.6. The van der Waals surface area contributed by atoms with Crippen LogP contribution in [0.1, 0.15) is 24.8 Å². The molecule has 0 amide bonds. The molecule has 7 heteroatoms. The predicted molar refractivity (Wildman–Crippen MR) is 112 cm³/mol. The quantitative estimate of drug-likeness (QED) is 0.456. The van der Waals surface area contributed by atoms with E-state index in [4.69, 9.17) is 4.42 Å². The van der Waals surface area contributed by atoms with Crippen molar-refractivity contribution in [1.29, 1.82) is 0 Å². The van der Waals surface area contributed by atoms with E-state index in [2.05, 4.69) is 4.98 Å². The van der Waals surface area contributed by atoms with E-state index in [1.54, 1.807) is 66.7 Å². The molecule has 5 nitrogen and oxygen atoms in total. The first-order valence-corrected chi connectivity index (χ1v) is 11.2. The topological polar surface area (TPSA) is 63.4 Å². The minimum atomic E-state index is -3.65. The second-order valence-corrected chi connectivity index (χ2v) is 9.19. The highest BCUT2D eigenvalue weighted by Crippen LogP contribution is 2.38. The molecule has 152 valence electrons. The number of benzene rings is 3. The lowest BCUT2D eigenvalue weighted by Gasteiger charge is -2.21. The van der Waals surface area contributed by atoms with Crippen LogP contribution in [0.4, 0.5) is 4.39 Å². The molecule has 0 aliphatic carbocycles. The average Bonchev–Trinajstić information content (AvgIpc) is 3.41. The van der Waals surface area contributed by atoms with Gasteiger partial charge in [0.25, 0.3) is 0 Å². The fourth-order valence-electron chi connectivity index (χ4n) is 3.95. The number of hydrogen-bond acceptors (Lipinski definition) is 4. The van der Waals surface area contributed by atoms with Gasteiger partial charge in [-0.1, -0.05) is 42.5 Å². The molecule has 0 bridgehead atoms. The lowest BCUT2D eigenvalue weighted by atomic mass is 10.0. The molecule has 0 spiro atoms. The van der Waals surface area contributed by atoms with E-state index in [9.17, 15) is 12.8 Å². The smallest absolute Gasteiger partial charge is 0.243 e. The Morgan fingerprint density at radius 3 is 2.57 bits per heavy atom. The van der Waals surface area contributed by atoms with Crippen LogP contribution in [-0.2, 0) is 10.0 Å². The molecule has 5 rings (SSSR count). The molecule has 0 N–H and O–H groups in total. The van der Waals surface area contributed by atoms with E-state index in [1.165, 1.54) is 10.4 Å². The Kier molecular flexibility index (Phi) is 4.64. The molecule has 1 saturated heterocycles. The Balaban J connectivity index is 1.52. The van der Waals surface area contributed by atoms with Crippen molar-refractivity contribution >= 4 is 21.1 Å². The molecule has 1 aliphatic heterocycles. The third kappa shape index (κ3) is 3.20. The van der Waals surface area contributed by atoms with Crippen molar-refractivity contribution in [3.63, 3.8) is 0 Å².